The molecule has 0 bridgehead atoms. The zero-order valence-corrected chi connectivity index (χ0v) is 18.9. The molecule has 2 heterocycles. The largest absolute Gasteiger partial charge is 0.334 e. The van der Waals surface area contributed by atoms with Crippen molar-refractivity contribution in [1.82, 2.24) is 15.1 Å². The van der Waals surface area contributed by atoms with E-state index in [-0.39, 0.29) is 18.5 Å². The number of hydrogen-bond acceptors (Lipinski definition) is 3. The SMILES string of the molecule is CCC1c2ccccc2CCN1C(=O)CN1C(=O)NC(C)(c2ccc3ccccc3c2)C1=O. The summed E-state index contributed by atoms with van der Waals surface area (Å²) in [6.07, 6.45) is 1.55. The van der Waals surface area contributed by atoms with Crippen LogP contribution in [0.15, 0.2) is 66.7 Å². The predicted molar refractivity (Wildman–Crippen MR) is 126 cm³/mol. The quantitative estimate of drug-likeness (QED) is 0.619. The van der Waals surface area contributed by atoms with E-state index >= 15 is 0 Å². The number of benzene rings is 3. The number of nitrogens with one attached hydrogen (secondary N) is 1. The monoisotopic (exact) mass is 441 g/mol. The van der Waals surface area contributed by atoms with Crippen molar-refractivity contribution in [3.63, 3.8) is 0 Å². The van der Waals surface area contributed by atoms with E-state index in [0.717, 1.165) is 34.1 Å². The third kappa shape index (κ3) is 3.46. The topological polar surface area (TPSA) is 69.7 Å². The van der Waals surface area contributed by atoms with Crippen LogP contribution in [0.3, 0.4) is 0 Å². The van der Waals surface area contributed by atoms with Crippen LogP contribution in [0.25, 0.3) is 10.8 Å². The normalized spacial score (nSPS) is 22.4. The summed E-state index contributed by atoms with van der Waals surface area (Å²) in [6.45, 7) is 4.08. The van der Waals surface area contributed by atoms with E-state index < -0.39 is 17.5 Å². The van der Waals surface area contributed by atoms with Crippen LogP contribution in [-0.2, 0) is 21.5 Å². The molecule has 1 fully saturated rings. The maximum Gasteiger partial charge on any atom is 0.325 e. The van der Waals surface area contributed by atoms with Gasteiger partial charge in [-0.1, -0.05) is 67.6 Å². The highest BCUT2D eigenvalue weighted by Crippen LogP contribution is 2.34. The van der Waals surface area contributed by atoms with E-state index in [1.54, 1.807) is 6.92 Å². The summed E-state index contributed by atoms with van der Waals surface area (Å²) in [5.41, 5.74) is 1.90. The molecule has 2 atom stereocenters. The number of hydrogen-bond donors (Lipinski definition) is 1. The third-order valence-corrected chi connectivity index (χ3v) is 7.01. The van der Waals surface area contributed by atoms with Crippen LogP contribution in [0.5, 0.6) is 0 Å². The molecule has 4 amide bonds. The Morgan fingerprint density at radius 1 is 1.03 bits per heavy atom. The molecule has 2 aliphatic heterocycles. The second-order valence-corrected chi connectivity index (χ2v) is 8.97. The van der Waals surface area contributed by atoms with Crippen molar-refractivity contribution in [2.24, 2.45) is 0 Å². The Bertz CT molecular complexity index is 1270. The third-order valence-electron chi connectivity index (χ3n) is 7.01. The fraction of sp³-hybridized carbons (Fsp3) is 0.296. The number of rotatable bonds is 4. The van der Waals surface area contributed by atoms with Crippen LogP contribution in [-0.4, -0.2) is 40.7 Å². The van der Waals surface area contributed by atoms with E-state index in [0.29, 0.717) is 12.1 Å². The minimum Gasteiger partial charge on any atom is -0.334 e. The molecule has 2 unspecified atom stereocenters. The van der Waals surface area contributed by atoms with Gasteiger partial charge in [-0.15, -0.1) is 0 Å². The van der Waals surface area contributed by atoms with Crippen LogP contribution >= 0.6 is 0 Å². The van der Waals surface area contributed by atoms with Gasteiger partial charge in [0.25, 0.3) is 5.91 Å². The van der Waals surface area contributed by atoms with Gasteiger partial charge in [-0.3, -0.25) is 14.5 Å². The van der Waals surface area contributed by atoms with Gasteiger partial charge in [-0.2, -0.15) is 0 Å². The van der Waals surface area contributed by atoms with Crippen molar-refractivity contribution in [3.8, 4) is 0 Å². The van der Waals surface area contributed by atoms with E-state index in [4.69, 9.17) is 0 Å². The molecular weight excluding hydrogens is 414 g/mol. The maximum atomic E-state index is 13.4. The van der Waals surface area contributed by atoms with Gasteiger partial charge in [-0.05, 0) is 53.3 Å². The number of fused-ring (bicyclic) bond motifs is 2. The number of imide groups is 1. The summed E-state index contributed by atoms with van der Waals surface area (Å²) < 4.78 is 0. The smallest absolute Gasteiger partial charge is 0.325 e. The number of amides is 4. The summed E-state index contributed by atoms with van der Waals surface area (Å²) in [4.78, 5) is 42.4. The lowest BCUT2D eigenvalue weighted by molar-refractivity contribution is -0.140. The van der Waals surface area contributed by atoms with Crippen LogP contribution in [0, 0.1) is 0 Å². The van der Waals surface area contributed by atoms with E-state index in [1.165, 1.54) is 5.56 Å². The first-order chi connectivity index (χ1) is 15.9. The first kappa shape index (κ1) is 21.2. The minimum absolute atomic E-state index is 0.0462. The average Bonchev–Trinajstić information content (AvgIpc) is 3.06. The summed E-state index contributed by atoms with van der Waals surface area (Å²) in [5, 5.41) is 4.88. The van der Waals surface area contributed by atoms with E-state index in [2.05, 4.69) is 24.4 Å². The van der Waals surface area contributed by atoms with Gasteiger partial charge in [-0.25, -0.2) is 4.79 Å². The molecule has 3 aromatic carbocycles. The standard InChI is InChI=1S/C27H27N3O3/c1-3-23-22-11-7-6-9-19(22)14-15-29(23)24(31)17-30-25(32)27(2,28-26(30)33)21-13-12-18-8-4-5-10-20(18)16-21/h4-13,16,23H,3,14-15,17H2,1-2H3,(H,28,33). The van der Waals surface area contributed by atoms with Crippen LogP contribution < -0.4 is 5.32 Å². The van der Waals surface area contributed by atoms with Crippen molar-refractivity contribution >= 4 is 28.6 Å². The van der Waals surface area contributed by atoms with Crippen molar-refractivity contribution in [2.45, 2.75) is 38.3 Å². The molecule has 0 aromatic heterocycles. The number of urea groups is 1. The Balaban J connectivity index is 1.38. The molecule has 6 heteroatoms. The number of carbonyl (C=O) groups excluding carboxylic acids is 3. The van der Waals surface area contributed by atoms with Gasteiger partial charge in [0.05, 0.1) is 6.04 Å². The van der Waals surface area contributed by atoms with Gasteiger partial charge >= 0.3 is 6.03 Å². The highest BCUT2D eigenvalue weighted by molar-refractivity contribution is 6.09. The Kier molecular flexibility index (Phi) is 5.16. The fourth-order valence-corrected chi connectivity index (χ4v) is 5.15. The van der Waals surface area contributed by atoms with Crippen LogP contribution in [0.1, 0.15) is 43.0 Å². The summed E-state index contributed by atoms with van der Waals surface area (Å²) in [7, 11) is 0. The van der Waals surface area contributed by atoms with Crippen LogP contribution in [0.4, 0.5) is 4.79 Å². The second kappa shape index (κ2) is 8.03. The summed E-state index contributed by atoms with van der Waals surface area (Å²) >= 11 is 0. The predicted octanol–water partition coefficient (Wildman–Crippen LogP) is 4.14. The molecule has 6 nitrogen and oxygen atoms in total. The van der Waals surface area contributed by atoms with Crippen molar-refractivity contribution in [1.29, 1.82) is 0 Å². The zero-order valence-electron chi connectivity index (χ0n) is 18.9. The van der Waals surface area contributed by atoms with Crippen molar-refractivity contribution in [3.05, 3.63) is 83.4 Å². The Morgan fingerprint density at radius 2 is 1.76 bits per heavy atom. The Hall–Kier alpha value is -3.67. The van der Waals surface area contributed by atoms with Gasteiger partial charge in [0.2, 0.25) is 5.91 Å². The van der Waals surface area contributed by atoms with Gasteiger partial charge in [0.15, 0.2) is 0 Å². The molecule has 0 aliphatic carbocycles. The Morgan fingerprint density at radius 3 is 2.55 bits per heavy atom. The fourth-order valence-electron chi connectivity index (χ4n) is 5.15. The molecule has 33 heavy (non-hydrogen) atoms. The second-order valence-electron chi connectivity index (χ2n) is 8.97. The molecule has 1 N–H and O–H groups in total. The maximum absolute atomic E-state index is 13.4. The molecule has 168 valence electrons. The van der Waals surface area contributed by atoms with Gasteiger partial charge < -0.3 is 10.2 Å². The zero-order chi connectivity index (χ0) is 23.2. The summed E-state index contributed by atoms with van der Waals surface area (Å²) in [6, 6.07) is 21.2. The average molecular weight is 442 g/mol. The van der Waals surface area contributed by atoms with E-state index in [9.17, 15) is 14.4 Å². The number of nitrogens with zero attached hydrogens (tertiary/aromatic N) is 2. The lowest BCUT2D eigenvalue weighted by atomic mass is 9.90. The molecule has 0 radical (unpaired) electrons. The van der Waals surface area contributed by atoms with Crippen molar-refractivity contribution in [2.75, 3.05) is 13.1 Å². The van der Waals surface area contributed by atoms with E-state index in [1.807, 2.05) is 59.5 Å². The lowest BCUT2D eigenvalue weighted by Crippen LogP contribution is -2.47. The highest BCUT2D eigenvalue weighted by atomic mass is 16.2. The molecule has 3 aromatic rings. The van der Waals surface area contributed by atoms with Crippen LogP contribution in [0.2, 0.25) is 0 Å². The molecule has 2 aliphatic rings. The van der Waals surface area contributed by atoms with Gasteiger partial charge in [0.1, 0.15) is 12.1 Å². The first-order valence-corrected chi connectivity index (χ1v) is 11.4. The van der Waals surface area contributed by atoms with Gasteiger partial charge in [0, 0.05) is 6.54 Å². The molecular formula is C27H27N3O3. The summed E-state index contributed by atoms with van der Waals surface area (Å²) in [5.74, 6) is -0.607. The molecule has 1 saturated heterocycles. The molecule has 0 saturated carbocycles. The van der Waals surface area contributed by atoms with Crippen molar-refractivity contribution < 1.29 is 14.4 Å². The molecule has 0 spiro atoms. The first-order valence-electron chi connectivity index (χ1n) is 11.4. The lowest BCUT2D eigenvalue weighted by Gasteiger charge is -2.37. The number of carbonyl (C=O) groups is 3. The minimum atomic E-state index is -1.21. The Labute approximate surface area is 193 Å². The molecule has 5 rings (SSSR count). The highest BCUT2D eigenvalue weighted by Gasteiger charge is 2.50.